The molecule has 2 aromatic rings. The summed E-state index contributed by atoms with van der Waals surface area (Å²) in [4.78, 5) is 4.94. The number of thiocarbonyl (C=S) groups is 1. The van der Waals surface area contributed by atoms with Gasteiger partial charge < -0.3 is 10.5 Å². The molecule has 0 aliphatic heterocycles. The summed E-state index contributed by atoms with van der Waals surface area (Å²) in [6.45, 7) is 5.92. The summed E-state index contributed by atoms with van der Waals surface area (Å²) in [5.74, 6) is 0.843. The lowest BCUT2D eigenvalue weighted by atomic mass is 10.1. The molecule has 104 valence electrons. The van der Waals surface area contributed by atoms with Crippen LogP contribution in [0.25, 0.3) is 11.3 Å². The maximum atomic E-state index is 5.70. The van der Waals surface area contributed by atoms with Crippen LogP contribution in [-0.2, 0) is 0 Å². The zero-order valence-corrected chi connectivity index (χ0v) is 12.7. The van der Waals surface area contributed by atoms with Crippen LogP contribution in [0, 0.1) is 6.92 Å². The van der Waals surface area contributed by atoms with Crippen LogP contribution < -0.4 is 10.5 Å². The van der Waals surface area contributed by atoms with Crippen LogP contribution in [0.15, 0.2) is 36.4 Å². The van der Waals surface area contributed by atoms with Crippen LogP contribution in [0.3, 0.4) is 0 Å². The minimum atomic E-state index is 0.150. The SMILES string of the molecule is Cc1nc(-c2cccc(OC(C)C)c2)ccc1C(N)=S. The van der Waals surface area contributed by atoms with Gasteiger partial charge in [0.05, 0.1) is 11.8 Å². The summed E-state index contributed by atoms with van der Waals surface area (Å²) in [6, 6.07) is 11.7. The number of aryl methyl sites for hydroxylation is 1. The van der Waals surface area contributed by atoms with Crippen molar-refractivity contribution in [1.29, 1.82) is 0 Å². The predicted molar refractivity (Wildman–Crippen MR) is 86.1 cm³/mol. The molecule has 0 radical (unpaired) electrons. The zero-order valence-electron chi connectivity index (χ0n) is 11.9. The number of hydrogen-bond acceptors (Lipinski definition) is 3. The average Bonchev–Trinajstić information content (AvgIpc) is 2.37. The van der Waals surface area contributed by atoms with Gasteiger partial charge in [-0.2, -0.15) is 0 Å². The van der Waals surface area contributed by atoms with Crippen LogP contribution in [0.5, 0.6) is 5.75 Å². The van der Waals surface area contributed by atoms with E-state index in [0.29, 0.717) is 4.99 Å². The second kappa shape index (κ2) is 6.01. The first-order valence-electron chi connectivity index (χ1n) is 6.52. The quantitative estimate of drug-likeness (QED) is 0.874. The third-order valence-electron chi connectivity index (χ3n) is 2.85. The van der Waals surface area contributed by atoms with Crippen LogP contribution in [0.2, 0.25) is 0 Å². The van der Waals surface area contributed by atoms with Gasteiger partial charge in [0.15, 0.2) is 0 Å². The maximum absolute atomic E-state index is 5.70. The molecule has 1 aromatic heterocycles. The van der Waals surface area contributed by atoms with Gasteiger partial charge in [-0.15, -0.1) is 0 Å². The molecule has 0 atom stereocenters. The molecule has 20 heavy (non-hydrogen) atoms. The van der Waals surface area contributed by atoms with Crippen molar-refractivity contribution in [3.05, 3.63) is 47.7 Å². The Morgan fingerprint density at radius 3 is 2.60 bits per heavy atom. The van der Waals surface area contributed by atoms with Crippen molar-refractivity contribution in [2.24, 2.45) is 5.73 Å². The minimum Gasteiger partial charge on any atom is -0.491 e. The summed E-state index contributed by atoms with van der Waals surface area (Å²) >= 11 is 5.00. The van der Waals surface area contributed by atoms with Crippen molar-refractivity contribution in [2.45, 2.75) is 26.9 Å². The molecule has 2 rings (SSSR count). The lowest BCUT2D eigenvalue weighted by Crippen LogP contribution is -2.12. The first kappa shape index (κ1) is 14.5. The molecule has 3 nitrogen and oxygen atoms in total. The molecule has 0 fully saturated rings. The lowest BCUT2D eigenvalue weighted by Gasteiger charge is -2.11. The van der Waals surface area contributed by atoms with Crippen molar-refractivity contribution in [3.8, 4) is 17.0 Å². The van der Waals surface area contributed by atoms with E-state index >= 15 is 0 Å². The molecular weight excluding hydrogens is 268 g/mol. The fourth-order valence-electron chi connectivity index (χ4n) is 1.98. The van der Waals surface area contributed by atoms with E-state index in [2.05, 4.69) is 4.98 Å². The fourth-order valence-corrected chi connectivity index (χ4v) is 2.20. The Bertz CT molecular complexity index is 638. The normalized spacial score (nSPS) is 10.6. The van der Waals surface area contributed by atoms with E-state index in [1.165, 1.54) is 0 Å². The Morgan fingerprint density at radius 2 is 2.00 bits per heavy atom. The van der Waals surface area contributed by atoms with Crippen LogP contribution in [-0.4, -0.2) is 16.1 Å². The first-order chi connectivity index (χ1) is 9.47. The first-order valence-corrected chi connectivity index (χ1v) is 6.92. The van der Waals surface area contributed by atoms with Crippen molar-refractivity contribution >= 4 is 17.2 Å². The van der Waals surface area contributed by atoms with Crippen molar-refractivity contribution in [1.82, 2.24) is 4.98 Å². The molecule has 0 aliphatic carbocycles. The predicted octanol–water partition coefficient (Wildman–Crippen LogP) is 3.48. The molecule has 2 N–H and O–H groups in total. The molecule has 0 saturated carbocycles. The number of hydrogen-bond donors (Lipinski definition) is 1. The number of benzene rings is 1. The third kappa shape index (κ3) is 3.33. The van der Waals surface area contributed by atoms with E-state index in [0.717, 1.165) is 28.3 Å². The summed E-state index contributed by atoms with van der Waals surface area (Å²) < 4.78 is 5.70. The van der Waals surface area contributed by atoms with Gasteiger partial charge in [-0.1, -0.05) is 24.4 Å². The van der Waals surface area contributed by atoms with E-state index in [9.17, 15) is 0 Å². The Hall–Kier alpha value is -1.94. The summed E-state index contributed by atoms with van der Waals surface area (Å²) in [5, 5.41) is 0. The number of aromatic nitrogens is 1. The van der Waals surface area contributed by atoms with Crippen LogP contribution in [0.1, 0.15) is 25.1 Å². The van der Waals surface area contributed by atoms with E-state index in [-0.39, 0.29) is 6.10 Å². The van der Waals surface area contributed by atoms with Crippen LogP contribution in [0.4, 0.5) is 0 Å². The largest absolute Gasteiger partial charge is 0.491 e. The van der Waals surface area contributed by atoms with E-state index in [1.54, 1.807) is 0 Å². The van der Waals surface area contributed by atoms with Gasteiger partial charge in [0.25, 0.3) is 0 Å². The Kier molecular flexibility index (Phi) is 4.35. The zero-order chi connectivity index (χ0) is 14.7. The van der Waals surface area contributed by atoms with Crippen molar-refractivity contribution < 1.29 is 4.74 Å². The van der Waals surface area contributed by atoms with Crippen molar-refractivity contribution in [2.75, 3.05) is 0 Å². The van der Waals surface area contributed by atoms with Crippen LogP contribution >= 0.6 is 12.2 Å². The highest BCUT2D eigenvalue weighted by Crippen LogP contribution is 2.24. The van der Waals surface area contributed by atoms with Gasteiger partial charge in [-0.05, 0) is 45.0 Å². The van der Waals surface area contributed by atoms with Gasteiger partial charge in [0.2, 0.25) is 0 Å². The summed E-state index contributed by atoms with van der Waals surface area (Å²) in [5.41, 5.74) is 9.21. The van der Waals surface area contributed by atoms with Crippen molar-refractivity contribution in [3.63, 3.8) is 0 Å². The van der Waals surface area contributed by atoms with Gasteiger partial charge in [0.1, 0.15) is 10.7 Å². The molecule has 0 unspecified atom stereocenters. The summed E-state index contributed by atoms with van der Waals surface area (Å²) in [6.07, 6.45) is 0.150. The summed E-state index contributed by atoms with van der Waals surface area (Å²) in [7, 11) is 0. The molecule has 1 aromatic carbocycles. The molecular formula is C16H18N2OS. The smallest absolute Gasteiger partial charge is 0.120 e. The number of ether oxygens (including phenoxy) is 1. The molecule has 0 aliphatic rings. The Balaban J connectivity index is 2.36. The van der Waals surface area contributed by atoms with Gasteiger partial charge in [-0.25, -0.2) is 0 Å². The standard InChI is InChI=1S/C16H18N2OS/c1-10(2)19-13-6-4-5-12(9-13)15-8-7-14(16(17)20)11(3)18-15/h4-10H,1-3H3,(H2,17,20). The fraction of sp³-hybridized carbons (Fsp3) is 0.250. The number of pyridine rings is 1. The Morgan fingerprint density at radius 1 is 1.25 bits per heavy atom. The highest BCUT2D eigenvalue weighted by Gasteiger charge is 2.07. The van der Waals surface area contributed by atoms with Gasteiger partial charge in [0, 0.05) is 16.8 Å². The number of nitrogens with zero attached hydrogens (tertiary/aromatic N) is 1. The van der Waals surface area contributed by atoms with E-state index in [1.807, 2.05) is 57.2 Å². The van der Waals surface area contributed by atoms with E-state index in [4.69, 9.17) is 22.7 Å². The molecule has 0 saturated heterocycles. The second-order valence-electron chi connectivity index (χ2n) is 4.89. The van der Waals surface area contributed by atoms with Gasteiger partial charge >= 0.3 is 0 Å². The molecule has 0 spiro atoms. The third-order valence-corrected chi connectivity index (χ3v) is 3.07. The van der Waals surface area contributed by atoms with E-state index < -0.39 is 0 Å². The highest BCUT2D eigenvalue weighted by atomic mass is 32.1. The molecule has 4 heteroatoms. The maximum Gasteiger partial charge on any atom is 0.120 e. The molecule has 0 bridgehead atoms. The second-order valence-corrected chi connectivity index (χ2v) is 5.33. The number of nitrogens with two attached hydrogens (primary N) is 1. The number of rotatable bonds is 4. The van der Waals surface area contributed by atoms with Gasteiger partial charge in [-0.3, -0.25) is 4.98 Å². The topological polar surface area (TPSA) is 48.1 Å². The highest BCUT2D eigenvalue weighted by molar-refractivity contribution is 7.80. The average molecular weight is 286 g/mol. The molecule has 0 amide bonds. The Labute approximate surface area is 124 Å². The minimum absolute atomic E-state index is 0.150. The monoisotopic (exact) mass is 286 g/mol. The lowest BCUT2D eigenvalue weighted by molar-refractivity contribution is 0.242. The molecule has 1 heterocycles.